The smallest absolute Gasteiger partial charge is 0.343 e. The van der Waals surface area contributed by atoms with Gasteiger partial charge >= 0.3 is 5.97 Å². The molecule has 1 aromatic heterocycles. The van der Waals surface area contributed by atoms with E-state index in [0.29, 0.717) is 5.56 Å². The molecule has 4 nitrogen and oxygen atoms in total. The van der Waals surface area contributed by atoms with Gasteiger partial charge in [0.15, 0.2) is 0 Å². The van der Waals surface area contributed by atoms with Crippen LogP contribution in [0.1, 0.15) is 5.56 Å². The number of carboxylic acid groups (broad SMARTS) is 1. The van der Waals surface area contributed by atoms with Gasteiger partial charge in [-0.05, 0) is 11.6 Å². The summed E-state index contributed by atoms with van der Waals surface area (Å²) >= 11 is 0. The van der Waals surface area contributed by atoms with Crippen LogP contribution in [0.2, 0.25) is 0 Å². The number of aromatic nitrogens is 1. The van der Waals surface area contributed by atoms with Gasteiger partial charge in [0.25, 0.3) is 0 Å². The number of aliphatic carboxylic acids is 1. The van der Waals surface area contributed by atoms with Crippen LogP contribution in [-0.2, 0) is 16.0 Å². The van der Waals surface area contributed by atoms with Crippen molar-refractivity contribution in [2.45, 2.75) is 6.42 Å². The number of hydrogen-bond donors (Lipinski definition) is 1. The highest BCUT2D eigenvalue weighted by Gasteiger charge is 2.08. The molecule has 0 aliphatic rings. The number of carbonyl (C=O) groups excluding carboxylic acids is 1. The molecular weight excluding hydrogens is 170 g/mol. The van der Waals surface area contributed by atoms with Crippen LogP contribution < -0.4 is 0 Å². The van der Waals surface area contributed by atoms with E-state index in [4.69, 9.17) is 5.11 Å². The molecule has 0 unspecified atom stereocenters. The average Bonchev–Trinajstić information content (AvgIpc) is 2.15. The number of rotatable bonds is 3. The Hall–Kier alpha value is -1.93. The van der Waals surface area contributed by atoms with Crippen molar-refractivity contribution in [3.8, 4) is 0 Å². The van der Waals surface area contributed by atoms with Crippen molar-refractivity contribution in [1.82, 2.24) is 4.98 Å². The van der Waals surface area contributed by atoms with E-state index in [-0.39, 0.29) is 12.0 Å². The number of hydrogen-bond acceptors (Lipinski definition) is 3. The maximum Gasteiger partial charge on any atom is 0.343 e. The molecule has 0 radical (unpaired) electrons. The van der Waals surface area contributed by atoms with E-state index in [1.54, 1.807) is 18.3 Å². The normalized spacial score (nSPS) is 8.92. The highest BCUT2D eigenvalue weighted by atomic mass is 16.4. The largest absolute Gasteiger partial charge is 0.477 e. The lowest BCUT2D eigenvalue weighted by molar-refractivity contribution is -0.132. The summed E-state index contributed by atoms with van der Waals surface area (Å²) < 4.78 is 0. The molecule has 13 heavy (non-hydrogen) atoms. The summed E-state index contributed by atoms with van der Waals surface area (Å²) in [6.45, 7) is 0. The highest BCUT2D eigenvalue weighted by molar-refractivity contribution is 5.95. The molecular formula is C9H7NO3. The average molecular weight is 177 g/mol. The Morgan fingerprint density at radius 2 is 2.38 bits per heavy atom. The molecule has 1 rings (SSSR count). The second kappa shape index (κ2) is 4.18. The van der Waals surface area contributed by atoms with Gasteiger partial charge in [-0.3, -0.25) is 4.98 Å². The summed E-state index contributed by atoms with van der Waals surface area (Å²) in [5.41, 5.74) is 0.399. The molecule has 0 spiro atoms. The van der Waals surface area contributed by atoms with Gasteiger partial charge in [0.05, 0.1) is 0 Å². The Morgan fingerprint density at radius 1 is 1.62 bits per heavy atom. The van der Waals surface area contributed by atoms with E-state index in [2.05, 4.69) is 4.98 Å². The molecule has 0 aliphatic heterocycles. The van der Waals surface area contributed by atoms with Crippen LogP contribution in [0.25, 0.3) is 0 Å². The highest BCUT2D eigenvalue weighted by Crippen LogP contribution is 2.03. The number of carboxylic acids is 1. The van der Waals surface area contributed by atoms with Gasteiger partial charge in [-0.1, -0.05) is 6.07 Å². The van der Waals surface area contributed by atoms with Gasteiger partial charge in [-0.2, -0.15) is 0 Å². The van der Waals surface area contributed by atoms with E-state index < -0.39 is 5.97 Å². The topological polar surface area (TPSA) is 67.3 Å². The Balaban J connectivity index is 2.80. The van der Waals surface area contributed by atoms with E-state index in [9.17, 15) is 9.59 Å². The second-order valence-corrected chi connectivity index (χ2v) is 2.42. The first-order chi connectivity index (χ1) is 6.24. The molecule has 0 saturated carbocycles. The van der Waals surface area contributed by atoms with Crippen LogP contribution in [-0.4, -0.2) is 22.0 Å². The first-order valence-electron chi connectivity index (χ1n) is 3.60. The minimum atomic E-state index is -1.24. The molecule has 4 heteroatoms. The predicted octanol–water partition coefficient (Wildman–Crippen LogP) is 0.467. The van der Waals surface area contributed by atoms with Crippen LogP contribution in [0.3, 0.4) is 0 Å². The second-order valence-electron chi connectivity index (χ2n) is 2.42. The standard InChI is InChI=1S/C9H7NO3/c11-6-8(9(12)13)4-7-2-1-3-10-5-7/h1-3,5H,4H2,(H,12,13). The first-order valence-corrected chi connectivity index (χ1v) is 3.60. The third kappa shape index (κ3) is 2.54. The van der Waals surface area contributed by atoms with E-state index in [0.717, 1.165) is 0 Å². The SMILES string of the molecule is O=C=C(Cc1cccnc1)C(=O)O. The number of nitrogens with zero attached hydrogens (tertiary/aromatic N) is 1. The predicted molar refractivity (Wildman–Crippen MR) is 44.8 cm³/mol. The van der Waals surface area contributed by atoms with Crippen LogP contribution in [0, 0.1) is 0 Å². The Labute approximate surface area is 74.5 Å². The maximum absolute atomic E-state index is 10.4. The van der Waals surface area contributed by atoms with Gasteiger partial charge < -0.3 is 5.11 Å². The molecule has 0 aromatic carbocycles. The third-order valence-electron chi connectivity index (χ3n) is 1.49. The van der Waals surface area contributed by atoms with Crippen molar-refractivity contribution in [3.05, 3.63) is 35.7 Å². The molecule has 0 saturated heterocycles. The molecule has 0 aliphatic carbocycles. The van der Waals surface area contributed by atoms with Crippen molar-refractivity contribution in [2.24, 2.45) is 0 Å². The van der Waals surface area contributed by atoms with Crippen LogP contribution in [0.4, 0.5) is 0 Å². The monoisotopic (exact) mass is 177 g/mol. The molecule has 0 fully saturated rings. The lowest BCUT2D eigenvalue weighted by Crippen LogP contribution is -2.04. The van der Waals surface area contributed by atoms with Crippen molar-refractivity contribution in [1.29, 1.82) is 0 Å². The Bertz CT molecular complexity index is 352. The zero-order valence-electron chi connectivity index (χ0n) is 6.73. The van der Waals surface area contributed by atoms with Crippen molar-refractivity contribution < 1.29 is 14.7 Å². The van der Waals surface area contributed by atoms with Gasteiger partial charge in [0, 0.05) is 18.8 Å². The molecule has 0 atom stereocenters. The summed E-state index contributed by atoms with van der Waals surface area (Å²) in [6, 6.07) is 3.38. The van der Waals surface area contributed by atoms with Gasteiger partial charge in [-0.25, -0.2) is 9.59 Å². The van der Waals surface area contributed by atoms with Crippen LogP contribution in [0.15, 0.2) is 30.1 Å². The fourth-order valence-electron chi connectivity index (χ4n) is 0.862. The lowest BCUT2D eigenvalue weighted by atomic mass is 10.1. The summed E-state index contributed by atoms with van der Waals surface area (Å²) in [5, 5.41) is 8.51. The fourth-order valence-corrected chi connectivity index (χ4v) is 0.862. The van der Waals surface area contributed by atoms with Crippen LogP contribution >= 0.6 is 0 Å². The molecule has 1 aromatic rings. The van der Waals surface area contributed by atoms with Crippen molar-refractivity contribution >= 4 is 11.9 Å². The van der Waals surface area contributed by atoms with E-state index in [1.807, 2.05) is 0 Å². The third-order valence-corrected chi connectivity index (χ3v) is 1.49. The summed E-state index contributed by atoms with van der Waals surface area (Å²) in [6.07, 6.45) is 3.15. The summed E-state index contributed by atoms with van der Waals surface area (Å²) in [7, 11) is 0. The fraction of sp³-hybridized carbons (Fsp3) is 0.111. The summed E-state index contributed by atoms with van der Waals surface area (Å²) in [4.78, 5) is 24.4. The quantitative estimate of drug-likeness (QED) is 0.538. The van der Waals surface area contributed by atoms with Crippen molar-refractivity contribution in [3.63, 3.8) is 0 Å². The number of pyridine rings is 1. The minimum absolute atomic E-state index is 0.0622. The molecule has 1 N–H and O–H groups in total. The van der Waals surface area contributed by atoms with Gasteiger partial charge in [-0.15, -0.1) is 0 Å². The zero-order chi connectivity index (χ0) is 9.68. The molecule has 1 heterocycles. The molecule has 0 bridgehead atoms. The van der Waals surface area contributed by atoms with Crippen LogP contribution in [0.5, 0.6) is 0 Å². The minimum Gasteiger partial charge on any atom is -0.477 e. The molecule has 0 amide bonds. The van der Waals surface area contributed by atoms with E-state index in [1.165, 1.54) is 12.1 Å². The molecule has 66 valence electrons. The maximum atomic E-state index is 10.4. The van der Waals surface area contributed by atoms with Gasteiger partial charge in [0.2, 0.25) is 0 Å². The Morgan fingerprint density at radius 3 is 2.85 bits per heavy atom. The lowest BCUT2D eigenvalue weighted by Gasteiger charge is -1.96. The van der Waals surface area contributed by atoms with Gasteiger partial charge in [0.1, 0.15) is 11.5 Å². The van der Waals surface area contributed by atoms with E-state index >= 15 is 0 Å². The first kappa shape index (κ1) is 9.16. The zero-order valence-corrected chi connectivity index (χ0v) is 6.73. The Kier molecular flexibility index (Phi) is 2.95. The summed E-state index contributed by atoms with van der Waals surface area (Å²) in [5.74, 6) is 0.152. The van der Waals surface area contributed by atoms with Crippen molar-refractivity contribution in [2.75, 3.05) is 0 Å². The number of carbonyl (C=O) groups is 1.